The number of carbonyl (C=O) groups excluding carboxylic acids is 1. The van der Waals surface area contributed by atoms with Crippen molar-refractivity contribution in [2.45, 2.75) is 11.3 Å². The molecule has 0 radical (unpaired) electrons. The number of nitrogen functional groups attached to an aromatic ring is 1. The van der Waals surface area contributed by atoms with Crippen LogP contribution in [0.4, 0.5) is 5.69 Å². The molecule has 1 fully saturated rings. The van der Waals surface area contributed by atoms with E-state index in [2.05, 4.69) is 15.7 Å². The molecule has 0 spiro atoms. The minimum absolute atomic E-state index is 0.00634. The highest BCUT2D eigenvalue weighted by Crippen LogP contribution is 2.23. The summed E-state index contributed by atoms with van der Waals surface area (Å²) in [5.41, 5.74) is 2.61. The molecular weight excluding hydrogens is 270 g/mol. The molecule has 0 bridgehead atoms. The molecule has 104 valence electrons. The first-order chi connectivity index (χ1) is 9.05. The number of nitrogens with zero attached hydrogens (tertiary/aromatic N) is 2. The highest BCUT2D eigenvalue weighted by molar-refractivity contribution is 7.89. The smallest absolute Gasteiger partial charge is 0.246 e. The first kappa shape index (κ1) is 13.7. The maximum Gasteiger partial charge on any atom is 0.246 e. The van der Waals surface area contributed by atoms with Gasteiger partial charge in [0.1, 0.15) is 4.90 Å². The number of nitrogens with one attached hydrogen (secondary N) is 2. The summed E-state index contributed by atoms with van der Waals surface area (Å²) in [6.45, 7) is 0.670. The third-order valence-corrected chi connectivity index (χ3v) is 4.76. The van der Waals surface area contributed by atoms with Crippen molar-refractivity contribution in [3.8, 4) is 0 Å². The van der Waals surface area contributed by atoms with Gasteiger partial charge in [-0.15, -0.1) is 0 Å². The predicted molar refractivity (Wildman–Crippen MR) is 68.4 cm³/mol. The molecule has 0 saturated carbocycles. The SMILES string of the molecule is NNc1ccncc1S(=O)(=O)N1CCNC(=O)CC1. The number of rotatable bonds is 3. The van der Waals surface area contributed by atoms with Gasteiger partial charge in [0.15, 0.2) is 0 Å². The number of sulfonamides is 1. The fourth-order valence-electron chi connectivity index (χ4n) is 1.83. The van der Waals surface area contributed by atoms with Crippen LogP contribution in [0.3, 0.4) is 0 Å². The van der Waals surface area contributed by atoms with Gasteiger partial charge in [-0.05, 0) is 6.07 Å². The van der Waals surface area contributed by atoms with E-state index in [1.165, 1.54) is 22.8 Å². The van der Waals surface area contributed by atoms with E-state index in [4.69, 9.17) is 5.84 Å². The van der Waals surface area contributed by atoms with Crippen molar-refractivity contribution < 1.29 is 13.2 Å². The minimum Gasteiger partial charge on any atom is -0.355 e. The normalized spacial score (nSPS) is 17.6. The number of aromatic nitrogens is 1. The molecule has 0 atom stereocenters. The quantitative estimate of drug-likeness (QED) is 0.478. The summed E-state index contributed by atoms with van der Waals surface area (Å²) >= 11 is 0. The molecule has 0 aromatic carbocycles. The van der Waals surface area contributed by atoms with E-state index in [-0.39, 0.29) is 36.0 Å². The Balaban J connectivity index is 2.33. The summed E-state index contributed by atoms with van der Waals surface area (Å²) in [4.78, 5) is 15.1. The maximum absolute atomic E-state index is 12.5. The number of hydrogen-bond acceptors (Lipinski definition) is 6. The van der Waals surface area contributed by atoms with Crippen LogP contribution in [0, 0.1) is 0 Å². The molecule has 1 aromatic heterocycles. The van der Waals surface area contributed by atoms with Crippen LogP contribution in [0.2, 0.25) is 0 Å². The van der Waals surface area contributed by atoms with Gasteiger partial charge >= 0.3 is 0 Å². The fraction of sp³-hybridized carbons (Fsp3) is 0.400. The lowest BCUT2D eigenvalue weighted by Gasteiger charge is -2.20. The van der Waals surface area contributed by atoms with Gasteiger partial charge in [-0.1, -0.05) is 0 Å². The number of amides is 1. The lowest BCUT2D eigenvalue weighted by Crippen LogP contribution is -2.34. The number of carbonyl (C=O) groups is 1. The van der Waals surface area contributed by atoms with E-state index >= 15 is 0 Å². The van der Waals surface area contributed by atoms with Crippen molar-refractivity contribution in [3.63, 3.8) is 0 Å². The van der Waals surface area contributed by atoms with Crippen LogP contribution >= 0.6 is 0 Å². The van der Waals surface area contributed by atoms with Crippen LogP contribution in [-0.4, -0.2) is 43.2 Å². The monoisotopic (exact) mass is 285 g/mol. The molecule has 1 saturated heterocycles. The topological polar surface area (TPSA) is 117 Å². The Labute approximate surface area is 111 Å². The lowest BCUT2D eigenvalue weighted by molar-refractivity contribution is -0.120. The first-order valence-corrected chi connectivity index (χ1v) is 7.17. The molecule has 2 rings (SSSR count). The molecular formula is C10H15N5O3S. The van der Waals surface area contributed by atoms with E-state index in [9.17, 15) is 13.2 Å². The van der Waals surface area contributed by atoms with Crippen molar-refractivity contribution in [1.29, 1.82) is 0 Å². The third kappa shape index (κ3) is 2.83. The van der Waals surface area contributed by atoms with Crippen molar-refractivity contribution in [1.82, 2.24) is 14.6 Å². The van der Waals surface area contributed by atoms with Gasteiger partial charge < -0.3 is 10.7 Å². The molecule has 1 amide bonds. The molecule has 4 N–H and O–H groups in total. The van der Waals surface area contributed by atoms with Crippen LogP contribution < -0.4 is 16.6 Å². The maximum atomic E-state index is 12.5. The van der Waals surface area contributed by atoms with Gasteiger partial charge in [0, 0.05) is 38.4 Å². The number of hydrazine groups is 1. The van der Waals surface area contributed by atoms with E-state index in [0.717, 1.165) is 0 Å². The summed E-state index contributed by atoms with van der Waals surface area (Å²) < 4.78 is 26.2. The molecule has 1 aliphatic rings. The highest BCUT2D eigenvalue weighted by atomic mass is 32.2. The Kier molecular flexibility index (Phi) is 3.98. The van der Waals surface area contributed by atoms with E-state index in [1.807, 2.05) is 0 Å². The number of hydrogen-bond donors (Lipinski definition) is 3. The molecule has 19 heavy (non-hydrogen) atoms. The van der Waals surface area contributed by atoms with E-state index < -0.39 is 10.0 Å². The summed E-state index contributed by atoms with van der Waals surface area (Å²) in [6, 6.07) is 1.48. The Morgan fingerprint density at radius 1 is 1.42 bits per heavy atom. The van der Waals surface area contributed by atoms with Crippen LogP contribution in [-0.2, 0) is 14.8 Å². The minimum atomic E-state index is -3.72. The van der Waals surface area contributed by atoms with Crippen LogP contribution in [0.5, 0.6) is 0 Å². The summed E-state index contributed by atoms with van der Waals surface area (Å²) in [5.74, 6) is 5.15. The Bertz CT molecular complexity index is 574. The molecule has 2 heterocycles. The van der Waals surface area contributed by atoms with Crippen LogP contribution in [0.1, 0.15) is 6.42 Å². The highest BCUT2D eigenvalue weighted by Gasteiger charge is 2.28. The lowest BCUT2D eigenvalue weighted by atomic mass is 10.4. The second-order valence-corrected chi connectivity index (χ2v) is 5.93. The van der Waals surface area contributed by atoms with Gasteiger partial charge in [-0.2, -0.15) is 4.31 Å². The zero-order valence-electron chi connectivity index (χ0n) is 10.2. The molecule has 0 aliphatic carbocycles. The number of pyridine rings is 1. The fourth-order valence-corrected chi connectivity index (χ4v) is 3.37. The van der Waals surface area contributed by atoms with Crippen molar-refractivity contribution in [2.75, 3.05) is 25.1 Å². The zero-order chi connectivity index (χ0) is 13.9. The predicted octanol–water partition coefficient (Wildman–Crippen LogP) is -1.12. The third-order valence-electron chi connectivity index (χ3n) is 2.83. The second-order valence-electron chi connectivity index (χ2n) is 4.02. The van der Waals surface area contributed by atoms with Gasteiger partial charge in [-0.25, -0.2) is 8.42 Å². The second kappa shape index (κ2) is 5.51. The Morgan fingerprint density at radius 3 is 2.95 bits per heavy atom. The first-order valence-electron chi connectivity index (χ1n) is 5.73. The molecule has 1 aromatic rings. The van der Waals surface area contributed by atoms with E-state index in [0.29, 0.717) is 6.54 Å². The average Bonchev–Trinajstić information content (AvgIpc) is 2.64. The largest absolute Gasteiger partial charge is 0.355 e. The van der Waals surface area contributed by atoms with Crippen molar-refractivity contribution in [3.05, 3.63) is 18.5 Å². The van der Waals surface area contributed by atoms with Gasteiger partial charge in [0.2, 0.25) is 15.9 Å². The number of nitrogens with two attached hydrogens (primary N) is 1. The van der Waals surface area contributed by atoms with Gasteiger partial charge in [0.25, 0.3) is 0 Å². The van der Waals surface area contributed by atoms with Crippen molar-refractivity contribution in [2.24, 2.45) is 5.84 Å². The molecule has 8 nitrogen and oxygen atoms in total. The summed E-state index contributed by atoms with van der Waals surface area (Å²) in [5, 5.41) is 2.63. The van der Waals surface area contributed by atoms with E-state index in [1.54, 1.807) is 0 Å². The Hall–Kier alpha value is -1.71. The van der Waals surface area contributed by atoms with Crippen LogP contribution in [0.15, 0.2) is 23.4 Å². The average molecular weight is 285 g/mol. The molecule has 0 unspecified atom stereocenters. The number of anilines is 1. The zero-order valence-corrected chi connectivity index (χ0v) is 11.0. The molecule has 9 heteroatoms. The summed E-state index contributed by atoms with van der Waals surface area (Å²) in [7, 11) is -3.72. The van der Waals surface area contributed by atoms with Gasteiger partial charge in [-0.3, -0.25) is 15.6 Å². The standard InChI is InChI=1S/C10H15N5O3S/c11-14-8-1-3-12-7-9(8)19(17,18)15-5-2-10(16)13-4-6-15/h1,3,7H,2,4-6,11H2,(H,12,14)(H,13,16). The van der Waals surface area contributed by atoms with Crippen LogP contribution in [0.25, 0.3) is 0 Å². The molecule has 1 aliphatic heterocycles. The Morgan fingerprint density at radius 2 is 2.21 bits per heavy atom. The van der Waals surface area contributed by atoms with Crippen molar-refractivity contribution >= 4 is 21.6 Å². The van der Waals surface area contributed by atoms with Gasteiger partial charge in [0.05, 0.1) is 5.69 Å². The summed E-state index contributed by atoms with van der Waals surface area (Å²) in [6.07, 6.45) is 2.83.